The SMILES string of the molecule is CCC(CC)(CC1OC(c2cc3c(F)c(C)c(C)nc3[nH]c2=S)C(O)C1O)OP(=O)(O)C(O)(CC)CC. The second kappa shape index (κ2) is 11.1. The highest BCUT2D eigenvalue weighted by molar-refractivity contribution is 7.71. The van der Waals surface area contributed by atoms with Crippen molar-refractivity contribution in [3.05, 3.63) is 33.3 Å². The van der Waals surface area contributed by atoms with Crippen LogP contribution in [-0.4, -0.2) is 59.4 Å². The molecule has 208 valence electrons. The van der Waals surface area contributed by atoms with Crippen molar-refractivity contribution in [1.82, 2.24) is 9.97 Å². The van der Waals surface area contributed by atoms with Gasteiger partial charge >= 0.3 is 7.60 Å². The predicted octanol–water partition coefficient (Wildman–Crippen LogP) is 4.87. The molecular formula is C25H38FN2O7PS. The fourth-order valence-corrected chi connectivity index (χ4v) is 6.96. The first-order chi connectivity index (χ1) is 17.2. The average molecular weight is 561 g/mol. The van der Waals surface area contributed by atoms with E-state index in [0.29, 0.717) is 16.8 Å². The van der Waals surface area contributed by atoms with E-state index in [4.69, 9.17) is 21.5 Å². The lowest BCUT2D eigenvalue weighted by atomic mass is 9.88. The van der Waals surface area contributed by atoms with E-state index in [9.17, 15) is 24.8 Å². The lowest BCUT2D eigenvalue weighted by molar-refractivity contribution is -0.0630. The number of aryl methyl sites for hydroxylation is 1. The molecule has 5 N–H and O–H groups in total. The number of aliphatic hydroxyl groups excluding tert-OH is 2. The Morgan fingerprint density at radius 3 is 2.30 bits per heavy atom. The van der Waals surface area contributed by atoms with Crippen LogP contribution in [0.5, 0.6) is 0 Å². The maximum Gasteiger partial charge on any atom is 0.359 e. The summed E-state index contributed by atoms with van der Waals surface area (Å²) in [5.74, 6) is -0.470. The Morgan fingerprint density at radius 1 is 1.16 bits per heavy atom. The molecule has 0 spiro atoms. The molecule has 3 rings (SSSR count). The molecule has 0 aliphatic carbocycles. The maximum atomic E-state index is 15.0. The van der Waals surface area contributed by atoms with Crippen molar-refractivity contribution in [2.75, 3.05) is 0 Å². The van der Waals surface area contributed by atoms with E-state index in [1.165, 1.54) is 6.07 Å². The molecule has 2 aromatic rings. The van der Waals surface area contributed by atoms with Gasteiger partial charge in [-0.15, -0.1) is 0 Å². The molecule has 5 atom stereocenters. The summed E-state index contributed by atoms with van der Waals surface area (Å²) in [5, 5.41) is 30.8. The van der Waals surface area contributed by atoms with Gasteiger partial charge in [0.15, 0.2) is 5.34 Å². The fraction of sp³-hybridized carbons (Fsp3) is 0.680. The van der Waals surface area contributed by atoms with Gasteiger partial charge in [0.2, 0.25) is 0 Å². The second-order valence-corrected chi connectivity index (χ2v) is 12.4. The molecule has 1 aliphatic heterocycles. The Kier molecular flexibility index (Phi) is 9.04. The summed E-state index contributed by atoms with van der Waals surface area (Å²) in [7, 11) is -4.50. The number of rotatable bonds is 10. The van der Waals surface area contributed by atoms with Gasteiger partial charge in [-0.2, -0.15) is 0 Å². The van der Waals surface area contributed by atoms with Crippen LogP contribution in [-0.2, 0) is 13.8 Å². The minimum atomic E-state index is -4.50. The number of ether oxygens (including phenoxy) is 1. The van der Waals surface area contributed by atoms with Gasteiger partial charge in [0.05, 0.1) is 17.1 Å². The first-order valence-electron chi connectivity index (χ1n) is 12.7. The minimum absolute atomic E-state index is 0.0224. The van der Waals surface area contributed by atoms with E-state index in [0.717, 1.165) is 0 Å². The first-order valence-corrected chi connectivity index (χ1v) is 14.7. The Bertz CT molecular complexity index is 1250. The van der Waals surface area contributed by atoms with Crippen LogP contribution in [0.25, 0.3) is 11.0 Å². The number of nitrogens with zero attached hydrogens (tertiary/aromatic N) is 1. The Balaban J connectivity index is 1.95. The number of hydrogen-bond donors (Lipinski definition) is 5. The monoisotopic (exact) mass is 560 g/mol. The van der Waals surface area contributed by atoms with Gasteiger partial charge in [-0.1, -0.05) is 39.9 Å². The van der Waals surface area contributed by atoms with E-state index in [1.54, 1.807) is 41.5 Å². The van der Waals surface area contributed by atoms with Gasteiger partial charge in [-0.05, 0) is 45.6 Å². The number of hydrogen-bond acceptors (Lipinski definition) is 8. The molecule has 1 fully saturated rings. The largest absolute Gasteiger partial charge is 0.388 e. The molecule has 0 saturated carbocycles. The highest BCUT2D eigenvalue weighted by Crippen LogP contribution is 2.61. The quantitative estimate of drug-likeness (QED) is 0.203. The smallest absolute Gasteiger partial charge is 0.359 e. The lowest BCUT2D eigenvalue weighted by Crippen LogP contribution is -2.42. The highest BCUT2D eigenvalue weighted by Gasteiger charge is 2.52. The molecule has 5 unspecified atom stereocenters. The van der Waals surface area contributed by atoms with Crippen molar-refractivity contribution in [3.63, 3.8) is 0 Å². The number of nitrogens with one attached hydrogen (secondary N) is 1. The van der Waals surface area contributed by atoms with Crippen molar-refractivity contribution in [3.8, 4) is 0 Å². The summed E-state index contributed by atoms with van der Waals surface area (Å²) >= 11 is 5.45. The van der Waals surface area contributed by atoms with Crippen molar-refractivity contribution < 1.29 is 38.4 Å². The van der Waals surface area contributed by atoms with Gasteiger partial charge < -0.3 is 29.9 Å². The third-order valence-electron chi connectivity index (χ3n) is 7.94. The van der Waals surface area contributed by atoms with Crippen LogP contribution in [0.4, 0.5) is 4.39 Å². The molecule has 37 heavy (non-hydrogen) atoms. The summed E-state index contributed by atoms with van der Waals surface area (Å²) in [6, 6.07) is 1.47. The van der Waals surface area contributed by atoms with Gasteiger partial charge in [-0.3, -0.25) is 9.09 Å². The number of pyridine rings is 2. The normalized spacial score (nSPS) is 24.5. The molecule has 0 radical (unpaired) electrons. The number of aliphatic hydroxyl groups is 3. The zero-order valence-electron chi connectivity index (χ0n) is 22.1. The van der Waals surface area contributed by atoms with E-state index >= 15 is 4.39 Å². The molecular weight excluding hydrogens is 522 g/mol. The molecule has 0 aromatic carbocycles. The second-order valence-electron chi connectivity index (χ2n) is 9.92. The van der Waals surface area contributed by atoms with Gasteiger partial charge in [-0.25, -0.2) is 9.37 Å². The van der Waals surface area contributed by atoms with Crippen LogP contribution in [0.2, 0.25) is 0 Å². The highest BCUT2D eigenvalue weighted by atomic mass is 32.1. The van der Waals surface area contributed by atoms with Crippen molar-refractivity contribution in [1.29, 1.82) is 0 Å². The Morgan fingerprint density at radius 2 is 1.76 bits per heavy atom. The molecule has 9 nitrogen and oxygen atoms in total. The van der Waals surface area contributed by atoms with Crippen LogP contribution in [0.3, 0.4) is 0 Å². The number of aromatic nitrogens is 2. The number of H-pyrrole nitrogens is 1. The molecule has 1 aliphatic rings. The van der Waals surface area contributed by atoms with Crippen LogP contribution < -0.4 is 0 Å². The summed E-state index contributed by atoms with van der Waals surface area (Å²) < 4.78 is 40.2. The van der Waals surface area contributed by atoms with Crippen LogP contribution in [0.15, 0.2) is 6.07 Å². The van der Waals surface area contributed by atoms with Crippen LogP contribution in [0, 0.1) is 24.3 Å². The molecule has 12 heteroatoms. The van der Waals surface area contributed by atoms with Crippen molar-refractivity contribution >= 4 is 30.8 Å². The summed E-state index contributed by atoms with van der Waals surface area (Å²) in [4.78, 5) is 18.0. The lowest BCUT2D eigenvalue weighted by Gasteiger charge is -2.40. The van der Waals surface area contributed by atoms with Crippen molar-refractivity contribution in [2.24, 2.45) is 0 Å². The molecule has 0 bridgehead atoms. The first kappa shape index (κ1) is 30.2. The Labute approximate surface area is 221 Å². The third-order valence-corrected chi connectivity index (χ3v) is 10.6. The summed E-state index contributed by atoms with van der Waals surface area (Å²) in [6.45, 7) is 10.1. The van der Waals surface area contributed by atoms with Gasteiger partial charge in [0, 0.05) is 23.2 Å². The zero-order valence-corrected chi connectivity index (χ0v) is 23.8. The molecule has 1 saturated heterocycles. The van der Waals surface area contributed by atoms with Gasteiger partial charge in [0.25, 0.3) is 0 Å². The van der Waals surface area contributed by atoms with E-state index in [1.807, 2.05) is 0 Å². The standard InChI is InChI=1S/C25H38FN2O7PS/c1-7-24(8-2,35-36(32,33)25(31,9-3)10-4)12-17-19(29)20(30)21(34-17)16-11-15-18(26)13(5)14(6)27-22(15)28-23(16)37/h11,17,19-21,29-31H,7-10,12H2,1-6H3,(H,32,33)(H,27,28,37). The number of aromatic amines is 1. The topological polar surface area (TPSA) is 145 Å². The fourth-order valence-electron chi connectivity index (χ4n) is 4.86. The van der Waals surface area contributed by atoms with Crippen LogP contribution >= 0.6 is 19.8 Å². The minimum Gasteiger partial charge on any atom is -0.388 e. The van der Waals surface area contributed by atoms with Gasteiger partial charge in [0.1, 0.15) is 34.4 Å². The molecule has 3 heterocycles. The van der Waals surface area contributed by atoms with E-state index in [-0.39, 0.29) is 47.8 Å². The predicted molar refractivity (Wildman–Crippen MR) is 140 cm³/mol. The molecule has 0 amide bonds. The Hall–Kier alpha value is -1.30. The zero-order chi connectivity index (χ0) is 27.9. The average Bonchev–Trinajstić information content (AvgIpc) is 3.13. The summed E-state index contributed by atoms with van der Waals surface area (Å²) in [6.07, 6.45) is -4.23. The van der Waals surface area contributed by atoms with E-state index < -0.39 is 48.8 Å². The maximum absolute atomic E-state index is 15.0. The van der Waals surface area contributed by atoms with Crippen LogP contribution in [0.1, 0.15) is 82.7 Å². The summed E-state index contributed by atoms with van der Waals surface area (Å²) in [5.41, 5.74) is 0.237. The number of fused-ring (bicyclic) bond motifs is 1. The third kappa shape index (κ3) is 5.43. The molecule has 2 aromatic heterocycles. The van der Waals surface area contributed by atoms with E-state index in [2.05, 4.69) is 9.97 Å². The number of halogens is 1. The van der Waals surface area contributed by atoms with Crippen molar-refractivity contribution in [2.45, 2.75) is 109 Å².